The van der Waals surface area contributed by atoms with Crippen molar-refractivity contribution in [1.29, 1.82) is 0 Å². The fraction of sp³-hybridized carbons (Fsp3) is 0.0870. The average Bonchev–Trinajstić information content (AvgIpc) is 2.78. The van der Waals surface area contributed by atoms with Crippen LogP contribution in [0, 0.1) is 10.1 Å². The molecule has 3 rings (SSSR count). The van der Waals surface area contributed by atoms with Gasteiger partial charge in [0.05, 0.1) is 12.0 Å². The Bertz CT molecular complexity index is 1100. The molecule has 0 atom stereocenters. The van der Waals surface area contributed by atoms with Crippen LogP contribution in [0.1, 0.15) is 11.1 Å². The van der Waals surface area contributed by atoms with Crippen LogP contribution < -0.4 is 14.8 Å². The average molecular weight is 439 g/mol. The highest BCUT2D eigenvalue weighted by Crippen LogP contribution is 2.29. The summed E-state index contributed by atoms with van der Waals surface area (Å²) in [6.45, 7) is 0.361. The van der Waals surface area contributed by atoms with Gasteiger partial charge in [-0.05, 0) is 53.6 Å². The lowest BCUT2D eigenvalue weighted by Gasteiger charge is -2.11. The van der Waals surface area contributed by atoms with E-state index in [0.29, 0.717) is 28.8 Å². The number of nitro benzene ring substituents is 1. The van der Waals surface area contributed by atoms with Gasteiger partial charge in [-0.3, -0.25) is 14.9 Å². The topological polar surface area (TPSA) is 90.7 Å². The maximum absolute atomic E-state index is 12.1. The summed E-state index contributed by atoms with van der Waals surface area (Å²) >= 11 is 5.89. The maximum Gasteiger partial charge on any atom is 0.269 e. The van der Waals surface area contributed by atoms with Crippen molar-refractivity contribution in [2.75, 3.05) is 12.4 Å². The van der Waals surface area contributed by atoms with E-state index < -0.39 is 4.92 Å². The summed E-state index contributed by atoms with van der Waals surface area (Å²) in [7, 11) is 1.54. The quantitative estimate of drug-likeness (QED) is 0.285. The SMILES string of the molecule is COc1cc(C=CC(=O)Nc2ccc([N+](=O)[O-])cc2)ccc1OCc1ccc(Cl)cc1. The van der Waals surface area contributed by atoms with E-state index in [0.717, 1.165) is 11.1 Å². The summed E-state index contributed by atoms with van der Waals surface area (Å²) in [5.74, 6) is 0.743. The van der Waals surface area contributed by atoms with Crippen molar-refractivity contribution in [1.82, 2.24) is 0 Å². The summed E-state index contributed by atoms with van der Waals surface area (Å²) in [5.41, 5.74) is 2.13. The van der Waals surface area contributed by atoms with E-state index in [-0.39, 0.29) is 11.6 Å². The molecule has 0 saturated carbocycles. The van der Waals surface area contributed by atoms with Crippen LogP contribution >= 0.6 is 11.6 Å². The Hall–Kier alpha value is -3.84. The molecule has 0 aliphatic carbocycles. The molecule has 0 aliphatic heterocycles. The lowest BCUT2D eigenvalue weighted by molar-refractivity contribution is -0.384. The van der Waals surface area contributed by atoms with Crippen LogP contribution in [-0.2, 0) is 11.4 Å². The van der Waals surface area contributed by atoms with Gasteiger partial charge in [-0.1, -0.05) is 29.8 Å². The van der Waals surface area contributed by atoms with E-state index in [1.807, 2.05) is 12.1 Å². The number of amides is 1. The second-order valence-corrected chi connectivity index (χ2v) is 6.89. The van der Waals surface area contributed by atoms with E-state index in [9.17, 15) is 14.9 Å². The van der Waals surface area contributed by atoms with Crippen LogP contribution in [0.5, 0.6) is 11.5 Å². The molecule has 0 saturated heterocycles. The number of nitrogens with zero attached hydrogens (tertiary/aromatic N) is 1. The van der Waals surface area contributed by atoms with Gasteiger partial charge in [0, 0.05) is 28.9 Å². The highest BCUT2D eigenvalue weighted by atomic mass is 35.5. The van der Waals surface area contributed by atoms with Crippen molar-refractivity contribution >= 4 is 35.0 Å². The van der Waals surface area contributed by atoms with Gasteiger partial charge in [0.15, 0.2) is 11.5 Å². The van der Waals surface area contributed by atoms with Crippen LogP contribution in [0.15, 0.2) is 72.8 Å². The minimum absolute atomic E-state index is 0.0426. The lowest BCUT2D eigenvalue weighted by Crippen LogP contribution is -2.07. The normalized spacial score (nSPS) is 10.6. The van der Waals surface area contributed by atoms with E-state index in [2.05, 4.69) is 5.32 Å². The fourth-order valence-corrected chi connectivity index (χ4v) is 2.80. The fourth-order valence-electron chi connectivity index (χ4n) is 2.67. The van der Waals surface area contributed by atoms with Crippen LogP contribution in [0.3, 0.4) is 0 Å². The van der Waals surface area contributed by atoms with Crippen LogP contribution in [0.2, 0.25) is 5.02 Å². The molecule has 0 aliphatic rings. The van der Waals surface area contributed by atoms with Gasteiger partial charge in [-0.2, -0.15) is 0 Å². The molecule has 158 valence electrons. The maximum atomic E-state index is 12.1. The summed E-state index contributed by atoms with van der Waals surface area (Å²) in [6.07, 6.45) is 3.00. The van der Waals surface area contributed by atoms with Crippen molar-refractivity contribution in [2.45, 2.75) is 6.61 Å². The molecule has 0 spiro atoms. The molecule has 3 aromatic rings. The number of carbonyl (C=O) groups excluding carboxylic acids is 1. The Labute approximate surface area is 184 Å². The second-order valence-electron chi connectivity index (χ2n) is 6.45. The van der Waals surface area contributed by atoms with Gasteiger partial charge < -0.3 is 14.8 Å². The minimum atomic E-state index is -0.498. The molecule has 0 bridgehead atoms. The standard InChI is InChI=1S/C23H19ClN2O5/c1-30-22-14-16(4-12-21(22)31-15-17-2-6-18(24)7-3-17)5-13-23(27)25-19-8-10-20(11-9-19)26(28)29/h2-14H,15H2,1H3,(H,25,27). The molecule has 0 unspecified atom stereocenters. The largest absolute Gasteiger partial charge is 0.493 e. The number of hydrogen-bond acceptors (Lipinski definition) is 5. The zero-order valence-corrected chi connectivity index (χ0v) is 17.3. The van der Waals surface area contributed by atoms with Crippen LogP contribution in [-0.4, -0.2) is 17.9 Å². The number of nitro groups is 1. The zero-order chi connectivity index (χ0) is 22.2. The molecule has 0 radical (unpaired) electrons. The Kier molecular flexibility index (Phi) is 7.24. The number of halogens is 1. The van der Waals surface area contributed by atoms with Crippen LogP contribution in [0.4, 0.5) is 11.4 Å². The first-order chi connectivity index (χ1) is 14.9. The Balaban J connectivity index is 1.61. The number of anilines is 1. The highest BCUT2D eigenvalue weighted by Gasteiger charge is 2.07. The Morgan fingerprint density at radius 1 is 1.06 bits per heavy atom. The Morgan fingerprint density at radius 2 is 1.77 bits per heavy atom. The number of benzene rings is 3. The van der Waals surface area contributed by atoms with Gasteiger partial charge >= 0.3 is 0 Å². The molecule has 31 heavy (non-hydrogen) atoms. The monoisotopic (exact) mass is 438 g/mol. The molecule has 0 fully saturated rings. The Morgan fingerprint density at radius 3 is 2.42 bits per heavy atom. The number of ether oxygens (including phenoxy) is 2. The second kappa shape index (κ2) is 10.3. The number of carbonyl (C=O) groups is 1. The predicted octanol–water partition coefficient (Wildman–Crippen LogP) is 5.49. The summed E-state index contributed by atoms with van der Waals surface area (Å²) in [6, 6.07) is 18.3. The first-order valence-corrected chi connectivity index (χ1v) is 9.61. The van der Waals surface area contributed by atoms with E-state index >= 15 is 0 Å². The van der Waals surface area contributed by atoms with Crippen molar-refractivity contribution in [3.8, 4) is 11.5 Å². The lowest BCUT2D eigenvalue weighted by atomic mass is 10.2. The van der Waals surface area contributed by atoms with E-state index in [1.165, 1.54) is 30.3 Å². The highest BCUT2D eigenvalue weighted by molar-refractivity contribution is 6.30. The van der Waals surface area contributed by atoms with Gasteiger partial charge in [0.1, 0.15) is 6.61 Å². The number of methoxy groups -OCH3 is 1. The summed E-state index contributed by atoms with van der Waals surface area (Å²) in [4.78, 5) is 22.3. The summed E-state index contributed by atoms with van der Waals surface area (Å²) < 4.78 is 11.2. The third-order valence-corrected chi connectivity index (χ3v) is 4.52. The number of hydrogen-bond donors (Lipinski definition) is 1. The van der Waals surface area contributed by atoms with Gasteiger partial charge in [0.2, 0.25) is 5.91 Å². The molecule has 0 aromatic heterocycles. The summed E-state index contributed by atoms with van der Waals surface area (Å²) in [5, 5.41) is 14.0. The molecule has 1 amide bonds. The minimum Gasteiger partial charge on any atom is -0.493 e. The van der Waals surface area contributed by atoms with E-state index in [1.54, 1.807) is 43.5 Å². The third kappa shape index (κ3) is 6.32. The van der Waals surface area contributed by atoms with E-state index in [4.69, 9.17) is 21.1 Å². The van der Waals surface area contributed by atoms with Crippen molar-refractivity contribution in [2.24, 2.45) is 0 Å². The molecule has 3 aromatic carbocycles. The molecule has 8 heteroatoms. The third-order valence-electron chi connectivity index (χ3n) is 4.27. The van der Waals surface area contributed by atoms with Crippen molar-refractivity contribution in [3.05, 3.63) is 99.1 Å². The van der Waals surface area contributed by atoms with Gasteiger partial charge in [-0.25, -0.2) is 0 Å². The molecule has 0 heterocycles. The number of non-ortho nitro benzene ring substituents is 1. The zero-order valence-electron chi connectivity index (χ0n) is 16.6. The first kappa shape index (κ1) is 21.9. The number of nitrogens with one attached hydrogen (secondary N) is 1. The number of rotatable bonds is 8. The predicted molar refractivity (Wildman–Crippen MR) is 120 cm³/mol. The van der Waals surface area contributed by atoms with Crippen molar-refractivity contribution in [3.63, 3.8) is 0 Å². The first-order valence-electron chi connectivity index (χ1n) is 9.23. The van der Waals surface area contributed by atoms with Crippen LogP contribution in [0.25, 0.3) is 6.08 Å². The molecular formula is C23H19ClN2O5. The smallest absolute Gasteiger partial charge is 0.269 e. The van der Waals surface area contributed by atoms with Gasteiger partial charge in [-0.15, -0.1) is 0 Å². The molecule has 7 nitrogen and oxygen atoms in total. The van der Waals surface area contributed by atoms with Crippen molar-refractivity contribution < 1.29 is 19.2 Å². The van der Waals surface area contributed by atoms with Gasteiger partial charge in [0.25, 0.3) is 5.69 Å². The molecular weight excluding hydrogens is 420 g/mol. The molecule has 1 N–H and O–H groups in total.